The molecule has 1 aromatic rings. The van der Waals surface area contributed by atoms with E-state index in [-0.39, 0.29) is 24.3 Å². The summed E-state index contributed by atoms with van der Waals surface area (Å²) in [6, 6.07) is 5.52. The average molecular weight is 332 g/mol. The van der Waals surface area contributed by atoms with Crippen LogP contribution < -0.4 is 14.8 Å². The van der Waals surface area contributed by atoms with E-state index in [4.69, 9.17) is 9.47 Å². The maximum Gasteiger partial charge on any atom is 0.233 e. The molecule has 6 nitrogen and oxygen atoms in total. The minimum atomic E-state index is -0.294. The SMILES string of the molecule is CCC1CCCCN1C(=O)CC(=O)Nc1ccc2c(c1)OCCO2. The van der Waals surface area contributed by atoms with E-state index in [2.05, 4.69) is 12.2 Å². The lowest BCUT2D eigenvalue weighted by Crippen LogP contribution is -2.44. The fourth-order valence-electron chi connectivity index (χ4n) is 3.32. The summed E-state index contributed by atoms with van der Waals surface area (Å²) in [4.78, 5) is 26.5. The normalized spacial score (nSPS) is 19.7. The molecule has 3 rings (SSSR count). The van der Waals surface area contributed by atoms with Crippen molar-refractivity contribution in [3.05, 3.63) is 18.2 Å². The first-order valence-corrected chi connectivity index (χ1v) is 8.66. The van der Waals surface area contributed by atoms with Crippen molar-refractivity contribution in [2.45, 2.75) is 45.1 Å². The summed E-state index contributed by atoms with van der Waals surface area (Å²) >= 11 is 0. The summed E-state index contributed by atoms with van der Waals surface area (Å²) in [5.74, 6) is 0.913. The average Bonchev–Trinajstić information content (AvgIpc) is 2.61. The summed E-state index contributed by atoms with van der Waals surface area (Å²) in [6.07, 6.45) is 4.03. The topological polar surface area (TPSA) is 67.9 Å². The highest BCUT2D eigenvalue weighted by atomic mass is 16.6. The number of anilines is 1. The molecule has 1 atom stereocenters. The Morgan fingerprint density at radius 2 is 2.00 bits per heavy atom. The van der Waals surface area contributed by atoms with Crippen molar-refractivity contribution in [2.75, 3.05) is 25.1 Å². The van der Waals surface area contributed by atoms with Crippen LogP contribution in [0.2, 0.25) is 0 Å². The number of nitrogens with one attached hydrogen (secondary N) is 1. The second-order valence-electron chi connectivity index (χ2n) is 6.23. The number of benzene rings is 1. The number of rotatable bonds is 4. The monoisotopic (exact) mass is 332 g/mol. The van der Waals surface area contributed by atoms with Crippen molar-refractivity contribution < 1.29 is 19.1 Å². The maximum atomic E-state index is 12.4. The molecule has 2 amide bonds. The van der Waals surface area contributed by atoms with Gasteiger partial charge in [-0.1, -0.05) is 6.92 Å². The van der Waals surface area contributed by atoms with E-state index in [0.29, 0.717) is 30.4 Å². The zero-order valence-corrected chi connectivity index (χ0v) is 14.0. The first-order chi connectivity index (χ1) is 11.7. The number of hydrogen-bond acceptors (Lipinski definition) is 4. The summed E-state index contributed by atoms with van der Waals surface area (Å²) in [7, 11) is 0. The van der Waals surface area contributed by atoms with Gasteiger partial charge in [0, 0.05) is 24.3 Å². The second-order valence-corrected chi connectivity index (χ2v) is 6.23. The minimum Gasteiger partial charge on any atom is -0.486 e. The standard InChI is InChI=1S/C18H24N2O4/c1-2-14-5-3-4-8-20(14)18(22)12-17(21)19-13-6-7-15-16(11-13)24-10-9-23-15/h6-7,11,14H,2-5,8-10,12H2,1H3,(H,19,21). The van der Waals surface area contributed by atoms with E-state index >= 15 is 0 Å². The molecule has 1 saturated heterocycles. The maximum absolute atomic E-state index is 12.4. The van der Waals surface area contributed by atoms with Crippen LogP contribution in [0.5, 0.6) is 11.5 Å². The zero-order valence-electron chi connectivity index (χ0n) is 14.0. The molecule has 1 unspecified atom stereocenters. The van der Waals surface area contributed by atoms with Crippen molar-refractivity contribution in [3.8, 4) is 11.5 Å². The van der Waals surface area contributed by atoms with Gasteiger partial charge in [-0.05, 0) is 37.8 Å². The van der Waals surface area contributed by atoms with Gasteiger partial charge in [0.15, 0.2) is 11.5 Å². The predicted molar refractivity (Wildman–Crippen MR) is 90.3 cm³/mol. The van der Waals surface area contributed by atoms with E-state index in [9.17, 15) is 9.59 Å². The smallest absolute Gasteiger partial charge is 0.233 e. The van der Waals surface area contributed by atoms with E-state index < -0.39 is 0 Å². The van der Waals surface area contributed by atoms with E-state index in [1.165, 1.54) is 0 Å². The molecule has 0 bridgehead atoms. The summed E-state index contributed by atoms with van der Waals surface area (Å²) in [5.41, 5.74) is 0.614. The number of likely N-dealkylation sites (tertiary alicyclic amines) is 1. The van der Waals surface area contributed by atoms with Gasteiger partial charge in [-0.15, -0.1) is 0 Å². The van der Waals surface area contributed by atoms with Crippen molar-refractivity contribution >= 4 is 17.5 Å². The third-order valence-electron chi connectivity index (χ3n) is 4.56. The Balaban J connectivity index is 1.58. The highest BCUT2D eigenvalue weighted by Crippen LogP contribution is 2.32. The molecular weight excluding hydrogens is 308 g/mol. The lowest BCUT2D eigenvalue weighted by molar-refractivity contribution is -0.137. The molecule has 0 spiro atoms. The van der Waals surface area contributed by atoms with Gasteiger partial charge < -0.3 is 19.7 Å². The van der Waals surface area contributed by atoms with Gasteiger partial charge >= 0.3 is 0 Å². The van der Waals surface area contributed by atoms with E-state index in [1.54, 1.807) is 18.2 Å². The van der Waals surface area contributed by atoms with Gasteiger partial charge in [0.05, 0.1) is 0 Å². The number of nitrogens with zero attached hydrogens (tertiary/aromatic N) is 1. The van der Waals surface area contributed by atoms with Crippen LogP contribution in [0.1, 0.15) is 39.0 Å². The first-order valence-electron chi connectivity index (χ1n) is 8.66. The molecule has 6 heteroatoms. The molecule has 0 saturated carbocycles. The number of amides is 2. The van der Waals surface area contributed by atoms with Crippen molar-refractivity contribution in [3.63, 3.8) is 0 Å². The summed E-state index contributed by atoms with van der Waals surface area (Å²) in [6.45, 7) is 3.87. The first kappa shape index (κ1) is 16.6. The molecule has 24 heavy (non-hydrogen) atoms. The Bertz CT molecular complexity index is 617. The molecule has 2 heterocycles. The number of ether oxygens (including phenoxy) is 2. The van der Waals surface area contributed by atoms with Crippen LogP contribution in [0.15, 0.2) is 18.2 Å². The van der Waals surface area contributed by atoms with Crippen molar-refractivity contribution in [2.24, 2.45) is 0 Å². The molecule has 130 valence electrons. The highest BCUT2D eigenvalue weighted by molar-refractivity contribution is 6.03. The Kier molecular flexibility index (Phi) is 5.23. The summed E-state index contributed by atoms with van der Waals surface area (Å²) < 4.78 is 11.0. The fourth-order valence-corrected chi connectivity index (χ4v) is 3.32. The van der Waals surface area contributed by atoms with Gasteiger partial charge in [-0.25, -0.2) is 0 Å². The molecule has 0 radical (unpaired) electrons. The van der Waals surface area contributed by atoms with Crippen molar-refractivity contribution in [1.29, 1.82) is 0 Å². The van der Waals surface area contributed by atoms with Gasteiger partial charge in [0.2, 0.25) is 11.8 Å². The Morgan fingerprint density at radius 3 is 2.79 bits per heavy atom. The van der Waals surface area contributed by atoms with Gasteiger partial charge in [-0.2, -0.15) is 0 Å². The second kappa shape index (κ2) is 7.55. The van der Waals surface area contributed by atoms with Crippen LogP contribution in [0.3, 0.4) is 0 Å². The molecule has 1 N–H and O–H groups in total. The van der Waals surface area contributed by atoms with Gasteiger partial charge in [-0.3, -0.25) is 9.59 Å². The van der Waals surface area contributed by atoms with Crippen LogP contribution in [0.25, 0.3) is 0 Å². The largest absolute Gasteiger partial charge is 0.486 e. The predicted octanol–water partition coefficient (Wildman–Crippen LogP) is 2.58. The number of carbonyl (C=O) groups excluding carboxylic acids is 2. The molecule has 1 aromatic carbocycles. The Morgan fingerprint density at radius 1 is 1.21 bits per heavy atom. The highest BCUT2D eigenvalue weighted by Gasteiger charge is 2.26. The van der Waals surface area contributed by atoms with Crippen LogP contribution in [-0.2, 0) is 9.59 Å². The third kappa shape index (κ3) is 3.80. The Labute approximate surface area is 142 Å². The third-order valence-corrected chi connectivity index (χ3v) is 4.56. The lowest BCUT2D eigenvalue weighted by Gasteiger charge is -2.35. The minimum absolute atomic E-state index is 0.0865. The van der Waals surface area contributed by atoms with Crippen LogP contribution in [-0.4, -0.2) is 42.5 Å². The number of hydrogen-bond donors (Lipinski definition) is 1. The van der Waals surface area contributed by atoms with Crippen molar-refractivity contribution in [1.82, 2.24) is 4.90 Å². The van der Waals surface area contributed by atoms with E-state index in [0.717, 1.165) is 32.2 Å². The number of carbonyl (C=O) groups is 2. The zero-order chi connectivity index (χ0) is 16.9. The van der Waals surface area contributed by atoms with Gasteiger partial charge in [0.1, 0.15) is 19.6 Å². The number of fused-ring (bicyclic) bond motifs is 1. The quantitative estimate of drug-likeness (QED) is 0.861. The molecule has 2 aliphatic heterocycles. The molecule has 1 fully saturated rings. The summed E-state index contributed by atoms with van der Waals surface area (Å²) in [5, 5.41) is 2.77. The van der Waals surface area contributed by atoms with Crippen LogP contribution in [0, 0.1) is 0 Å². The molecule has 0 aromatic heterocycles. The lowest BCUT2D eigenvalue weighted by atomic mass is 9.99. The van der Waals surface area contributed by atoms with Crippen LogP contribution >= 0.6 is 0 Å². The molecule has 2 aliphatic rings. The van der Waals surface area contributed by atoms with Crippen LogP contribution in [0.4, 0.5) is 5.69 Å². The molecule has 0 aliphatic carbocycles. The Hall–Kier alpha value is -2.24. The van der Waals surface area contributed by atoms with Gasteiger partial charge in [0.25, 0.3) is 0 Å². The molecular formula is C18H24N2O4. The van der Waals surface area contributed by atoms with E-state index in [1.807, 2.05) is 4.90 Å². The number of piperidine rings is 1. The fraction of sp³-hybridized carbons (Fsp3) is 0.556.